The molecule has 4 rings (SSSR count). The Morgan fingerprint density at radius 3 is 2.69 bits per heavy atom. The van der Waals surface area contributed by atoms with Crippen molar-refractivity contribution in [3.8, 4) is 5.75 Å². The number of halogens is 1. The van der Waals surface area contributed by atoms with Crippen LogP contribution >= 0.6 is 0 Å². The SMILES string of the molecule is O=C(CN1CCN(Cc2ccc3c(c2)CCO3)CC1)NCCc1ccccc1F. The normalized spacial score (nSPS) is 17.0. The Hall–Kier alpha value is -2.44. The largest absolute Gasteiger partial charge is 0.493 e. The third kappa shape index (κ3) is 5.34. The average Bonchev–Trinajstić information content (AvgIpc) is 3.19. The van der Waals surface area contributed by atoms with E-state index >= 15 is 0 Å². The smallest absolute Gasteiger partial charge is 0.234 e. The van der Waals surface area contributed by atoms with Gasteiger partial charge in [0, 0.05) is 45.7 Å². The van der Waals surface area contributed by atoms with Gasteiger partial charge in [0.05, 0.1) is 13.2 Å². The number of nitrogens with one attached hydrogen (secondary N) is 1. The number of fused-ring (bicyclic) bond motifs is 1. The standard InChI is InChI=1S/C23H28FN3O2/c24-21-4-2-1-3-19(21)7-9-25-23(28)17-27-12-10-26(11-13-27)16-18-5-6-22-20(15-18)8-14-29-22/h1-6,15H,7-14,16-17H2,(H,25,28). The predicted octanol–water partition coefficient (Wildman–Crippen LogP) is 2.24. The van der Waals surface area contributed by atoms with E-state index < -0.39 is 0 Å². The number of carbonyl (C=O) groups excluding carboxylic acids is 1. The van der Waals surface area contributed by atoms with Gasteiger partial charge in [0.25, 0.3) is 0 Å². The Kier molecular flexibility index (Phi) is 6.42. The van der Waals surface area contributed by atoms with Crippen LogP contribution in [0.3, 0.4) is 0 Å². The van der Waals surface area contributed by atoms with E-state index in [1.807, 2.05) is 6.07 Å². The van der Waals surface area contributed by atoms with Gasteiger partial charge < -0.3 is 10.1 Å². The lowest BCUT2D eigenvalue weighted by Gasteiger charge is -2.34. The molecule has 0 aromatic heterocycles. The first-order chi connectivity index (χ1) is 14.2. The second-order valence-corrected chi connectivity index (χ2v) is 7.78. The van der Waals surface area contributed by atoms with Gasteiger partial charge in [-0.2, -0.15) is 0 Å². The van der Waals surface area contributed by atoms with Crippen molar-refractivity contribution >= 4 is 5.91 Å². The first-order valence-corrected chi connectivity index (χ1v) is 10.4. The molecule has 1 fully saturated rings. The third-order valence-electron chi connectivity index (χ3n) is 5.67. The van der Waals surface area contributed by atoms with Gasteiger partial charge in [-0.25, -0.2) is 4.39 Å². The Morgan fingerprint density at radius 2 is 1.86 bits per heavy atom. The van der Waals surface area contributed by atoms with Crippen LogP contribution in [-0.4, -0.2) is 61.6 Å². The minimum absolute atomic E-state index is 0.00779. The van der Waals surface area contributed by atoms with Crippen LogP contribution in [0, 0.1) is 5.82 Å². The Balaban J connectivity index is 1.16. The number of hydrogen-bond donors (Lipinski definition) is 1. The fourth-order valence-corrected chi connectivity index (χ4v) is 4.00. The number of benzene rings is 2. The van der Waals surface area contributed by atoms with Gasteiger partial charge in [-0.15, -0.1) is 0 Å². The number of nitrogens with zero attached hydrogens (tertiary/aromatic N) is 2. The van der Waals surface area contributed by atoms with E-state index in [9.17, 15) is 9.18 Å². The van der Waals surface area contributed by atoms with Crippen molar-refractivity contribution in [2.24, 2.45) is 0 Å². The zero-order valence-electron chi connectivity index (χ0n) is 16.7. The molecule has 0 radical (unpaired) electrons. The summed E-state index contributed by atoms with van der Waals surface area (Å²) in [7, 11) is 0. The molecule has 1 saturated heterocycles. The zero-order chi connectivity index (χ0) is 20.1. The van der Waals surface area contributed by atoms with E-state index in [0.29, 0.717) is 25.1 Å². The average molecular weight is 397 g/mol. The van der Waals surface area contributed by atoms with Crippen molar-refractivity contribution < 1.29 is 13.9 Å². The molecule has 0 aliphatic carbocycles. The molecule has 2 aromatic carbocycles. The second-order valence-electron chi connectivity index (χ2n) is 7.78. The molecule has 0 bridgehead atoms. The molecular formula is C23H28FN3O2. The summed E-state index contributed by atoms with van der Waals surface area (Å²) in [5, 5.41) is 2.91. The monoisotopic (exact) mass is 397 g/mol. The number of piperazine rings is 1. The van der Waals surface area contributed by atoms with Crippen LogP contribution in [0.2, 0.25) is 0 Å². The zero-order valence-corrected chi connectivity index (χ0v) is 16.7. The first kappa shape index (κ1) is 19.9. The van der Waals surface area contributed by atoms with Gasteiger partial charge in [0.15, 0.2) is 0 Å². The summed E-state index contributed by atoms with van der Waals surface area (Å²) in [5.41, 5.74) is 3.28. The number of rotatable bonds is 7. The number of amides is 1. The van der Waals surface area contributed by atoms with Crippen LogP contribution in [0.5, 0.6) is 5.75 Å². The van der Waals surface area contributed by atoms with Crippen molar-refractivity contribution in [3.63, 3.8) is 0 Å². The molecule has 0 atom stereocenters. The molecule has 6 heteroatoms. The third-order valence-corrected chi connectivity index (χ3v) is 5.67. The molecule has 29 heavy (non-hydrogen) atoms. The predicted molar refractivity (Wildman–Crippen MR) is 110 cm³/mol. The maximum absolute atomic E-state index is 13.6. The minimum atomic E-state index is -0.214. The second kappa shape index (κ2) is 9.37. The van der Waals surface area contributed by atoms with E-state index in [1.165, 1.54) is 17.2 Å². The topological polar surface area (TPSA) is 44.8 Å². The van der Waals surface area contributed by atoms with E-state index in [2.05, 4.69) is 33.3 Å². The quantitative estimate of drug-likeness (QED) is 0.778. The lowest BCUT2D eigenvalue weighted by molar-refractivity contribution is -0.122. The van der Waals surface area contributed by atoms with Crippen molar-refractivity contribution in [1.29, 1.82) is 0 Å². The molecule has 2 aliphatic heterocycles. The van der Waals surface area contributed by atoms with Crippen LogP contribution < -0.4 is 10.1 Å². The summed E-state index contributed by atoms with van der Waals surface area (Å²) in [5.74, 6) is 0.821. The van der Waals surface area contributed by atoms with Crippen molar-refractivity contribution in [1.82, 2.24) is 15.1 Å². The van der Waals surface area contributed by atoms with Gasteiger partial charge in [0.1, 0.15) is 11.6 Å². The van der Waals surface area contributed by atoms with E-state index in [4.69, 9.17) is 4.74 Å². The molecule has 0 unspecified atom stereocenters. The molecule has 0 saturated carbocycles. The fourth-order valence-electron chi connectivity index (χ4n) is 4.00. The molecule has 0 spiro atoms. The van der Waals surface area contributed by atoms with Gasteiger partial charge in [-0.05, 0) is 35.2 Å². The lowest BCUT2D eigenvalue weighted by atomic mass is 10.1. The summed E-state index contributed by atoms with van der Waals surface area (Å²) in [6.07, 6.45) is 1.51. The Labute approximate surface area is 171 Å². The van der Waals surface area contributed by atoms with Crippen LogP contribution in [0.15, 0.2) is 42.5 Å². The highest BCUT2D eigenvalue weighted by atomic mass is 19.1. The van der Waals surface area contributed by atoms with Gasteiger partial charge >= 0.3 is 0 Å². The van der Waals surface area contributed by atoms with Crippen LogP contribution in [0.25, 0.3) is 0 Å². The molecule has 2 aromatic rings. The minimum Gasteiger partial charge on any atom is -0.493 e. The fraction of sp³-hybridized carbons (Fsp3) is 0.435. The number of hydrogen-bond acceptors (Lipinski definition) is 4. The highest BCUT2D eigenvalue weighted by molar-refractivity contribution is 5.78. The maximum atomic E-state index is 13.6. The van der Waals surface area contributed by atoms with E-state index in [1.54, 1.807) is 12.1 Å². The molecule has 154 valence electrons. The van der Waals surface area contributed by atoms with Crippen LogP contribution in [0.4, 0.5) is 4.39 Å². The van der Waals surface area contributed by atoms with Gasteiger partial charge in [0.2, 0.25) is 5.91 Å². The summed E-state index contributed by atoms with van der Waals surface area (Å²) >= 11 is 0. The van der Waals surface area contributed by atoms with Gasteiger partial charge in [-0.1, -0.05) is 30.3 Å². The van der Waals surface area contributed by atoms with Crippen molar-refractivity contribution in [2.45, 2.75) is 19.4 Å². The molecule has 2 aliphatic rings. The van der Waals surface area contributed by atoms with Crippen molar-refractivity contribution in [3.05, 3.63) is 65.0 Å². The molecule has 1 N–H and O–H groups in total. The Morgan fingerprint density at radius 1 is 1.07 bits per heavy atom. The molecule has 1 amide bonds. The van der Waals surface area contributed by atoms with Crippen LogP contribution in [-0.2, 0) is 24.2 Å². The lowest BCUT2D eigenvalue weighted by Crippen LogP contribution is -2.49. The first-order valence-electron chi connectivity index (χ1n) is 10.4. The maximum Gasteiger partial charge on any atom is 0.234 e. The summed E-state index contributed by atoms with van der Waals surface area (Å²) in [6, 6.07) is 13.2. The van der Waals surface area contributed by atoms with Crippen LogP contribution in [0.1, 0.15) is 16.7 Å². The molecule has 2 heterocycles. The van der Waals surface area contributed by atoms with E-state index in [0.717, 1.165) is 51.5 Å². The summed E-state index contributed by atoms with van der Waals surface area (Å²) < 4.78 is 19.2. The number of carbonyl (C=O) groups is 1. The van der Waals surface area contributed by atoms with E-state index in [-0.39, 0.29) is 11.7 Å². The highest BCUT2D eigenvalue weighted by Gasteiger charge is 2.20. The number of ether oxygens (including phenoxy) is 1. The van der Waals surface area contributed by atoms with Gasteiger partial charge in [-0.3, -0.25) is 14.6 Å². The summed E-state index contributed by atoms with van der Waals surface area (Å²) in [4.78, 5) is 16.8. The Bertz CT molecular complexity index is 850. The molecular weight excluding hydrogens is 369 g/mol. The summed E-state index contributed by atoms with van der Waals surface area (Å²) in [6.45, 7) is 6.27. The molecule has 5 nitrogen and oxygen atoms in total. The highest BCUT2D eigenvalue weighted by Crippen LogP contribution is 2.26. The van der Waals surface area contributed by atoms with Crippen molar-refractivity contribution in [2.75, 3.05) is 45.9 Å².